The van der Waals surface area contributed by atoms with Crippen LogP contribution in [0.15, 0.2) is 64.8 Å². The van der Waals surface area contributed by atoms with Gasteiger partial charge in [0.15, 0.2) is 16.7 Å². The van der Waals surface area contributed by atoms with Gasteiger partial charge in [-0.05, 0) is 37.1 Å². The molecule has 7 nitrogen and oxygen atoms in total. The maximum atomic E-state index is 13.3. The number of allylic oxidation sites excluding steroid dienone is 1. The van der Waals surface area contributed by atoms with Crippen LogP contribution < -0.4 is 9.47 Å². The first-order valence-electron chi connectivity index (χ1n) is 10.2. The molecule has 0 unspecified atom stereocenters. The van der Waals surface area contributed by atoms with Crippen molar-refractivity contribution in [2.75, 3.05) is 14.2 Å². The minimum absolute atomic E-state index is 0.102. The van der Waals surface area contributed by atoms with Gasteiger partial charge in [0.1, 0.15) is 6.61 Å². The number of amidine groups is 1. The van der Waals surface area contributed by atoms with Gasteiger partial charge in [0.2, 0.25) is 5.91 Å². The van der Waals surface area contributed by atoms with Crippen LogP contribution in [-0.4, -0.2) is 41.4 Å². The van der Waals surface area contributed by atoms with E-state index in [-0.39, 0.29) is 17.8 Å². The molecule has 8 heteroatoms. The van der Waals surface area contributed by atoms with E-state index in [9.17, 15) is 9.59 Å². The fourth-order valence-electron chi connectivity index (χ4n) is 3.80. The Kier molecular flexibility index (Phi) is 6.23. The van der Waals surface area contributed by atoms with Gasteiger partial charge in [0.25, 0.3) is 0 Å². The Bertz CT molecular complexity index is 1110. The molecule has 32 heavy (non-hydrogen) atoms. The highest BCUT2D eigenvalue weighted by Crippen LogP contribution is 2.44. The van der Waals surface area contributed by atoms with Crippen LogP contribution in [0.2, 0.25) is 0 Å². The Morgan fingerprint density at radius 2 is 1.81 bits per heavy atom. The fourth-order valence-corrected chi connectivity index (χ4v) is 4.83. The summed E-state index contributed by atoms with van der Waals surface area (Å²) < 4.78 is 16.4. The number of hydrogen-bond donors (Lipinski definition) is 0. The Morgan fingerprint density at radius 3 is 2.50 bits per heavy atom. The predicted octanol–water partition coefficient (Wildman–Crippen LogP) is 4.10. The van der Waals surface area contributed by atoms with Crippen LogP contribution in [-0.2, 0) is 20.9 Å². The smallest absolute Gasteiger partial charge is 0.338 e. The summed E-state index contributed by atoms with van der Waals surface area (Å²) in [4.78, 5) is 32.5. The highest BCUT2D eigenvalue weighted by molar-refractivity contribution is 8.15. The number of amides is 1. The van der Waals surface area contributed by atoms with Crippen molar-refractivity contribution in [3.05, 3.63) is 70.9 Å². The number of carbonyl (C=O) groups excluding carboxylic acids is 2. The third-order valence-electron chi connectivity index (χ3n) is 5.41. The van der Waals surface area contributed by atoms with Crippen LogP contribution in [0.1, 0.15) is 31.0 Å². The van der Waals surface area contributed by atoms with Gasteiger partial charge in [-0.25, -0.2) is 9.79 Å². The molecule has 2 aliphatic heterocycles. The second-order valence-electron chi connectivity index (χ2n) is 7.44. The molecule has 4 rings (SSSR count). The van der Waals surface area contributed by atoms with Gasteiger partial charge in [0, 0.05) is 0 Å². The average molecular weight is 453 g/mol. The van der Waals surface area contributed by atoms with Crippen molar-refractivity contribution in [1.82, 2.24) is 4.90 Å². The van der Waals surface area contributed by atoms with Crippen LogP contribution in [0.5, 0.6) is 11.5 Å². The highest BCUT2D eigenvalue weighted by Gasteiger charge is 2.46. The van der Waals surface area contributed by atoms with Gasteiger partial charge in [0.05, 0.1) is 36.8 Å². The Labute approximate surface area is 191 Å². The number of hydrogen-bond acceptors (Lipinski definition) is 7. The zero-order valence-corrected chi connectivity index (χ0v) is 19.1. The number of thioether (sulfide) groups is 1. The van der Waals surface area contributed by atoms with Crippen LogP contribution in [0.25, 0.3) is 0 Å². The number of ether oxygens (including phenoxy) is 3. The monoisotopic (exact) mass is 452 g/mol. The number of esters is 1. The normalized spacial score (nSPS) is 20.1. The Balaban J connectivity index is 1.75. The molecule has 2 atom stereocenters. The predicted molar refractivity (Wildman–Crippen MR) is 123 cm³/mol. The van der Waals surface area contributed by atoms with E-state index >= 15 is 0 Å². The number of benzene rings is 2. The molecular weight excluding hydrogens is 428 g/mol. The van der Waals surface area contributed by atoms with Gasteiger partial charge in [-0.1, -0.05) is 48.2 Å². The lowest BCUT2D eigenvalue weighted by atomic mass is 9.94. The summed E-state index contributed by atoms with van der Waals surface area (Å²) >= 11 is 1.39. The van der Waals surface area contributed by atoms with Crippen LogP contribution >= 0.6 is 11.8 Å². The van der Waals surface area contributed by atoms with Gasteiger partial charge in [-0.3, -0.25) is 9.69 Å². The van der Waals surface area contributed by atoms with Gasteiger partial charge >= 0.3 is 5.97 Å². The van der Waals surface area contributed by atoms with Crippen LogP contribution in [0.4, 0.5) is 0 Å². The molecule has 0 radical (unpaired) electrons. The van der Waals surface area contributed by atoms with E-state index in [2.05, 4.69) is 4.99 Å². The molecule has 2 aromatic rings. The molecule has 1 fully saturated rings. The first-order chi connectivity index (χ1) is 15.4. The first-order valence-corrected chi connectivity index (χ1v) is 11.0. The second kappa shape index (κ2) is 9.08. The standard InChI is InChI=1S/C24H24N2O5S/c1-14-20(23(28)31-13-16-8-6-5-7-9-16)21(26-22(27)15(2)32-24(26)25-14)17-10-11-18(29-3)19(12-17)30-4/h5-12,15,21H,13H2,1-4H3/t15-,21-/m1/s1. The van der Waals surface area contributed by atoms with E-state index in [0.717, 1.165) is 5.56 Å². The topological polar surface area (TPSA) is 77.4 Å². The van der Waals surface area contributed by atoms with Crippen molar-refractivity contribution in [2.45, 2.75) is 31.7 Å². The van der Waals surface area contributed by atoms with Crippen LogP contribution in [0, 0.1) is 0 Å². The zero-order chi connectivity index (χ0) is 22.8. The van der Waals surface area contributed by atoms with E-state index in [1.54, 1.807) is 38.2 Å². The summed E-state index contributed by atoms with van der Waals surface area (Å²) in [6, 6.07) is 14.2. The highest BCUT2D eigenvalue weighted by atomic mass is 32.2. The molecule has 0 saturated carbocycles. The van der Waals surface area contributed by atoms with E-state index in [0.29, 0.717) is 33.5 Å². The van der Waals surface area contributed by atoms with Crippen molar-refractivity contribution < 1.29 is 23.8 Å². The largest absolute Gasteiger partial charge is 0.493 e. The lowest BCUT2D eigenvalue weighted by Crippen LogP contribution is -2.40. The van der Waals surface area contributed by atoms with E-state index in [4.69, 9.17) is 14.2 Å². The molecule has 2 heterocycles. The van der Waals surface area contributed by atoms with Gasteiger partial charge < -0.3 is 14.2 Å². The molecule has 2 aliphatic rings. The van der Waals surface area contributed by atoms with E-state index < -0.39 is 12.0 Å². The Morgan fingerprint density at radius 1 is 1.09 bits per heavy atom. The first kappa shape index (κ1) is 22.0. The third kappa shape index (κ3) is 3.98. The maximum Gasteiger partial charge on any atom is 0.338 e. The molecule has 0 spiro atoms. The van der Waals surface area contributed by atoms with Crippen LogP contribution in [0.3, 0.4) is 0 Å². The summed E-state index contributed by atoms with van der Waals surface area (Å²) in [6.45, 7) is 3.73. The van der Waals surface area contributed by atoms with Crippen molar-refractivity contribution in [3.63, 3.8) is 0 Å². The maximum absolute atomic E-state index is 13.3. The Hall–Kier alpha value is -3.26. The lowest BCUT2D eigenvalue weighted by Gasteiger charge is -2.33. The molecule has 0 N–H and O–H groups in total. The minimum Gasteiger partial charge on any atom is -0.493 e. The summed E-state index contributed by atoms with van der Waals surface area (Å²) in [5.41, 5.74) is 2.45. The molecule has 166 valence electrons. The number of aliphatic imine (C=N–C) groups is 1. The molecule has 1 amide bonds. The number of methoxy groups -OCH3 is 2. The SMILES string of the molecule is COc1ccc([C@@H]2C(C(=O)OCc3ccccc3)=C(C)N=C3S[C@H](C)C(=O)N32)cc1OC. The van der Waals surface area contributed by atoms with Crippen molar-refractivity contribution >= 4 is 28.8 Å². The number of nitrogens with zero attached hydrogens (tertiary/aromatic N) is 2. The third-order valence-corrected chi connectivity index (χ3v) is 6.47. The molecule has 0 aliphatic carbocycles. The molecule has 0 bridgehead atoms. The lowest BCUT2D eigenvalue weighted by molar-refractivity contribution is -0.141. The fraction of sp³-hybridized carbons (Fsp3) is 0.292. The number of fused-ring (bicyclic) bond motifs is 1. The zero-order valence-electron chi connectivity index (χ0n) is 18.3. The number of rotatable bonds is 6. The van der Waals surface area contributed by atoms with Crippen molar-refractivity contribution in [1.29, 1.82) is 0 Å². The average Bonchev–Trinajstić information content (AvgIpc) is 3.09. The van der Waals surface area contributed by atoms with E-state index in [1.807, 2.05) is 43.3 Å². The molecular formula is C24H24N2O5S. The summed E-state index contributed by atoms with van der Waals surface area (Å²) in [6.07, 6.45) is 0. The summed E-state index contributed by atoms with van der Waals surface area (Å²) in [7, 11) is 3.10. The summed E-state index contributed by atoms with van der Waals surface area (Å²) in [5.74, 6) is 0.460. The van der Waals surface area contributed by atoms with Gasteiger partial charge in [-0.15, -0.1) is 0 Å². The van der Waals surface area contributed by atoms with Crippen molar-refractivity contribution in [3.8, 4) is 11.5 Å². The molecule has 1 saturated heterocycles. The molecule has 2 aromatic carbocycles. The van der Waals surface area contributed by atoms with Crippen molar-refractivity contribution in [2.24, 2.45) is 4.99 Å². The summed E-state index contributed by atoms with van der Waals surface area (Å²) in [5, 5.41) is 0.295. The van der Waals surface area contributed by atoms with E-state index in [1.165, 1.54) is 11.8 Å². The molecule has 0 aromatic heterocycles. The van der Waals surface area contributed by atoms with Gasteiger partial charge in [-0.2, -0.15) is 0 Å². The number of carbonyl (C=O) groups is 2. The second-order valence-corrected chi connectivity index (χ2v) is 8.75. The quantitative estimate of drug-likeness (QED) is 0.615. The minimum atomic E-state index is -0.671.